The van der Waals surface area contributed by atoms with Crippen LogP contribution in [0.15, 0.2) is 35.5 Å². The first kappa shape index (κ1) is 15.8. The zero-order valence-corrected chi connectivity index (χ0v) is 11.9. The van der Waals surface area contributed by atoms with Gasteiger partial charge in [-0.2, -0.15) is 13.2 Å². The molecule has 114 valence electrons. The lowest BCUT2D eigenvalue weighted by molar-refractivity contribution is -0.139. The second kappa shape index (κ2) is 5.66. The molecule has 0 amide bonds. The summed E-state index contributed by atoms with van der Waals surface area (Å²) in [6.07, 6.45) is -1.97. The summed E-state index contributed by atoms with van der Waals surface area (Å²) in [6.45, 7) is -0.255. The zero-order chi connectivity index (χ0) is 15.7. The van der Waals surface area contributed by atoms with Crippen LogP contribution >= 0.6 is 11.6 Å². The highest BCUT2D eigenvalue weighted by atomic mass is 35.5. The Morgan fingerprint density at radius 2 is 2.05 bits per heavy atom. The first-order valence-electron chi connectivity index (χ1n) is 5.55. The van der Waals surface area contributed by atoms with Crippen LogP contribution < -0.4 is 4.72 Å². The highest BCUT2D eigenvalue weighted by Crippen LogP contribution is 2.35. The maximum Gasteiger partial charge on any atom is 0.417 e. The molecule has 0 atom stereocenters. The van der Waals surface area contributed by atoms with Gasteiger partial charge < -0.3 is 4.98 Å². The number of sulfonamides is 1. The van der Waals surface area contributed by atoms with Gasteiger partial charge >= 0.3 is 6.18 Å². The van der Waals surface area contributed by atoms with E-state index in [2.05, 4.69) is 9.97 Å². The van der Waals surface area contributed by atoms with Crippen LogP contribution in [0.5, 0.6) is 0 Å². The van der Waals surface area contributed by atoms with Gasteiger partial charge in [0.1, 0.15) is 5.82 Å². The highest BCUT2D eigenvalue weighted by Gasteiger charge is 2.37. The predicted octanol–water partition coefficient (Wildman–Crippen LogP) is 2.56. The number of H-pyrrole nitrogens is 1. The van der Waals surface area contributed by atoms with Gasteiger partial charge in [0, 0.05) is 17.4 Å². The van der Waals surface area contributed by atoms with Gasteiger partial charge in [0.25, 0.3) is 0 Å². The number of rotatable bonds is 4. The Hall–Kier alpha value is -1.58. The van der Waals surface area contributed by atoms with E-state index in [1.54, 1.807) is 0 Å². The van der Waals surface area contributed by atoms with Crippen molar-refractivity contribution >= 4 is 21.6 Å². The summed E-state index contributed by atoms with van der Waals surface area (Å²) in [5, 5.41) is -0.202. The molecule has 0 aliphatic rings. The fourth-order valence-electron chi connectivity index (χ4n) is 1.59. The van der Waals surface area contributed by atoms with Gasteiger partial charge in [-0.1, -0.05) is 11.6 Å². The lowest BCUT2D eigenvalue weighted by Crippen LogP contribution is -2.26. The lowest BCUT2D eigenvalue weighted by Gasteiger charge is -2.13. The Labute approximate surface area is 123 Å². The van der Waals surface area contributed by atoms with Crippen LogP contribution in [0.3, 0.4) is 0 Å². The second-order valence-electron chi connectivity index (χ2n) is 4.00. The van der Waals surface area contributed by atoms with E-state index >= 15 is 0 Å². The maximum absolute atomic E-state index is 12.9. The molecule has 2 N–H and O–H groups in total. The topological polar surface area (TPSA) is 74.8 Å². The molecule has 0 aliphatic heterocycles. The minimum absolute atomic E-state index is 0.202. The fourth-order valence-corrected chi connectivity index (χ4v) is 2.96. The quantitative estimate of drug-likeness (QED) is 0.899. The average molecular weight is 340 g/mol. The van der Waals surface area contributed by atoms with Crippen LogP contribution in [-0.4, -0.2) is 18.4 Å². The van der Waals surface area contributed by atoms with Crippen LogP contribution in [0.4, 0.5) is 13.2 Å². The number of hydrogen-bond acceptors (Lipinski definition) is 3. The van der Waals surface area contributed by atoms with Crippen molar-refractivity contribution in [1.82, 2.24) is 14.7 Å². The third-order valence-corrected chi connectivity index (χ3v) is 4.22. The van der Waals surface area contributed by atoms with Crippen molar-refractivity contribution in [2.24, 2.45) is 0 Å². The molecule has 0 aliphatic carbocycles. The minimum Gasteiger partial charge on any atom is -0.347 e. The van der Waals surface area contributed by atoms with Crippen LogP contribution in [-0.2, 0) is 22.7 Å². The van der Waals surface area contributed by atoms with Crippen molar-refractivity contribution < 1.29 is 21.6 Å². The van der Waals surface area contributed by atoms with Crippen molar-refractivity contribution in [3.05, 3.63) is 47.0 Å². The Morgan fingerprint density at radius 1 is 1.33 bits per heavy atom. The SMILES string of the molecule is O=S(=O)(NCc1ncc[nH]1)c1ccc(Cl)cc1C(F)(F)F. The number of nitrogens with one attached hydrogen (secondary N) is 2. The molecule has 2 aromatic rings. The molecule has 10 heteroatoms. The minimum atomic E-state index is -4.83. The first-order chi connectivity index (χ1) is 9.70. The second-order valence-corrected chi connectivity index (χ2v) is 6.17. The lowest BCUT2D eigenvalue weighted by atomic mass is 10.2. The molecule has 0 unspecified atom stereocenters. The normalized spacial score (nSPS) is 12.6. The van der Waals surface area contributed by atoms with Gasteiger partial charge in [0.15, 0.2) is 0 Å². The molecule has 0 fully saturated rings. The van der Waals surface area contributed by atoms with Crippen molar-refractivity contribution in [2.75, 3.05) is 0 Å². The van der Waals surface area contributed by atoms with Gasteiger partial charge in [0.2, 0.25) is 10.0 Å². The molecule has 0 radical (unpaired) electrons. The van der Waals surface area contributed by atoms with E-state index in [0.717, 1.165) is 12.1 Å². The summed E-state index contributed by atoms with van der Waals surface area (Å²) >= 11 is 5.50. The summed E-state index contributed by atoms with van der Waals surface area (Å²) in [5.74, 6) is 0.279. The maximum atomic E-state index is 12.9. The smallest absolute Gasteiger partial charge is 0.347 e. The van der Waals surface area contributed by atoms with Crippen LogP contribution in [0, 0.1) is 0 Å². The molecule has 0 bridgehead atoms. The number of aromatic nitrogens is 2. The number of hydrogen-bond donors (Lipinski definition) is 2. The van der Waals surface area contributed by atoms with Crippen LogP contribution in [0.2, 0.25) is 5.02 Å². The standard InChI is InChI=1S/C11H9ClF3N3O2S/c12-7-1-2-9(8(5-7)11(13,14)15)21(19,20)18-6-10-16-3-4-17-10/h1-5,18H,6H2,(H,16,17). The van der Waals surface area contributed by atoms with Crippen molar-refractivity contribution in [3.8, 4) is 0 Å². The van der Waals surface area contributed by atoms with Crippen LogP contribution in [0.25, 0.3) is 0 Å². The first-order valence-corrected chi connectivity index (χ1v) is 7.41. The Balaban J connectivity index is 2.36. The average Bonchev–Trinajstić information content (AvgIpc) is 2.88. The van der Waals surface area contributed by atoms with Gasteiger partial charge in [-0.3, -0.25) is 0 Å². The number of nitrogens with zero attached hydrogens (tertiary/aromatic N) is 1. The Morgan fingerprint density at radius 3 is 2.62 bits per heavy atom. The number of halogens is 4. The van der Waals surface area contributed by atoms with Crippen molar-refractivity contribution in [3.63, 3.8) is 0 Å². The number of aromatic amines is 1. The van der Waals surface area contributed by atoms with E-state index in [1.807, 2.05) is 4.72 Å². The Bertz CT molecular complexity index is 730. The molecule has 1 heterocycles. The summed E-state index contributed by atoms with van der Waals surface area (Å²) in [4.78, 5) is 5.52. The van der Waals surface area contributed by atoms with Gasteiger partial charge in [0.05, 0.1) is 17.0 Å². The molecule has 21 heavy (non-hydrogen) atoms. The molecule has 1 aromatic carbocycles. The molecule has 0 spiro atoms. The molecule has 1 aromatic heterocycles. The molecule has 5 nitrogen and oxygen atoms in total. The molecular weight excluding hydrogens is 331 g/mol. The molecular formula is C11H9ClF3N3O2S. The van der Waals surface area contributed by atoms with Crippen LogP contribution in [0.1, 0.15) is 11.4 Å². The molecule has 0 saturated carbocycles. The highest BCUT2D eigenvalue weighted by molar-refractivity contribution is 7.89. The van der Waals surface area contributed by atoms with Gasteiger partial charge in [-0.25, -0.2) is 18.1 Å². The predicted molar refractivity (Wildman–Crippen MR) is 69.1 cm³/mol. The van der Waals surface area contributed by atoms with Gasteiger partial charge in [-0.15, -0.1) is 0 Å². The van der Waals surface area contributed by atoms with Gasteiger partial charge in [-0.05, 0) is 18.2 Å². The van der Waals surface area contributed by atoms with E-state index in [0.29, 0.717) is 6.07 Å². The number of imidazole rings is 1. The summed E-state index contributed by atoms with van der Waals surface area (Å²) in [6, 6.07) is 2.47. The summed E-state index contributed by atoms with van der Waals surface area (Å²) in [5.41, 5.74) is -1.32. The third-order valence-electron chi connectivity index (χ3n) is 2.52. The fraction of sp³-hybridized carbons (Fsp3) is 0.182. The van der Waals surface area contributed by atoms with E-state index < -0.39 is 26.7 Å². The largest absolute Gasteiger partial charge is 0.417 e. The number of benzene rings is 1. The van der Waals surface area contributed by atoms with E-state index in [9.17, 15) is 21.6 Å². The molecule has 2 rings (SSSR count). The number of alkyl halides is 3. The van der Waals surface area contributed by atoms with Crippen molar-refractivity contribution in [1.29, 1.82) is 0 Å². The van der Waals surface area contributed by atoms with E-state index in [1.165, 1.54) is 12.4 Å². The summed E-state index contributed by atoms with van der Waals surface area (Å²) in [7, 11) is -4.36. The van der Waals surface area contributed by atoms with E-state index in [4.69, 9.17) is 11.6 Å². The Kier molecular flexibility index (Phi) is 4.26. The monoisotopic (exact) mass is 339 g/mol. The third kappa shape index (κ3) is 3.74. The van der Waals surface area contributed by atoms with Crippen molar-refractivity contribution in [2.45, 2.75) is 17.6 Å². The summed E-state index contributed by atoms with van der Waals surface area (Å²) < 4.78 is 64.8. The molecule has 0 saturated heterocycles. The van der Waals surface area contributed by atoms with E-state index in [-0.39, 0.29) is 17.4 Å². The zero-order valence-electron chi connectivity index (χ0n) is 10.3.